The number of aromatic nitrogens is 1. The SMILES string of the molecule is CCOc1ccccc1C(=O)N1C[C@@H](Cc2ccncc2)[C@@H](O)C1. The number of carbonyl (C=O) groups is 1. The van der Waals surface area contributed by atoms with Crippen LogP contribution >= 0.6 is 0 Å². The van der Waals surface area contributed by atoms with Gasteiger partial charge in [-0.1, -0.05) is 12.1 Å². The van der Waals surface area contributed by atoms with Gasteiger partial charge in [-0.15, -0.1) is 0 Å². The lowest BCUT2D eigenvalue weighted by Gasteiger charge is -2.18. The molecule has 1 aliphatic rings. The van der Waals surface area contributed by atoms with Crippen LogP contribution in [-0.2, 0) is 6.42 Å². The summed E-state index contributed by atoms with van der Waals surface area (Å²) in [5, 5.41) is 10.3. The molecule has 1 aromatic heterocycles. The van der Waals surface area contributed by atoms with E-state index in [4.69, 9.17) is 4.74 Å². The van der Waals surface area contributed by atoms with E-state index in [9.17, 15) is 9.90 Å². The minimum Gasteiger partial charge on any atom is -0.493 e. The Kier molecular flexibility index (Phi) is 5.11. The van der Waals surface area contributed by atoms with Crippen LogP contribution in [0.2, 0.25) is 0 Å². The third-order valence-corrected chi connectivity index (χ3v) is 4.36. The molecule has 1 aliphatic heterocycles. The Bertz CT molecular complexity index is 690. The van der Waals surface area contributed by atoms with Crippen LogP contribution in [0.3, 0.4) is 0 Å². The summed E-state index contributed by atoms with van der Waals surface area (Å²) in [5.74, 6) is 0.544. The van der Waals surface area contributed by atoms with Crippen LogP contribution in [0.15, 0.2) is 48.8 Å². The van der Waals surface area contributed by atoms with E-state index in [0.717, 1.165) is 12.0 Å². The Hall–Kier alpha value is -2.40. The summed E-state index contributed by atoms with van der Waals surface area (Å²) in [4.78, 5) is 18.5. The van der Waals surface area contributed by atoms with Gasteiger partial charge in [-0.05, 0) is 43.2 Å². The van der Waals surface area contributed by atoms with Gasteiger partial charge in [-0.2, -0.15) is 0 Å². The number of aliphatic hydroxyl groups excluding tert-OH is 1. The van der Waals surface area contributed by atoms with Gasteiger partial charge in [0.05, 0.1) is 18.3 Å². The van der Waals surface area contributed by atoms with Crippen molar-refractivity contribution in [2.45, 2.75) is 19.4 Å². The van der Waals surface area contributed by atoms with Crippen molar-refractivity contribution >= 4 is 5.91 Å². The van der Waals surface area contributed by atoms with Gasteiger partial charge in [0.1, 0.15) is 5.75 Å². The minimum atomic E-state index is -0.513. The van der Waals surface area contributed by atoms with Gasteiger partial charge in [-0.25, -0.2) is 0 Å². The molecular weight excluding hydrogens is 304 g/mol. The molecule has 1 amide bonds. The van der Waals surface area contributed by atoms with Gasteiger partial charge in [-0.3, -0.25) is 9.78 Å². The number of nitrogens with zero attached hydrogens (tertiary/aromatic N) is 2. The summed E-state index contributed by atoms with van der Waals surface area (Å²) in [5.41, 5.74) is 1.68. The first-order valence-electron chi connectivity index (χ1n) is 8.27. The number of rotatable bonds is 5. The van der Waals surface area contributed by atoms with Crippen molar-refractivity contribution in [3.05, 3.63) is 59.9 Å². The van der Waals surface area contributed by atoms with Crippen molar-refractivity contribution in [1.29, 1.82) is 0 Å². The molecule has 126 valence electrons. The Morgan fingerprint density at radius 2 is 2.00 bits per heavy atom. The Morgan fingerprint density at radius 1 is 1.25 bits per heavy atom. The number of para-hydroxylation sites is 1. The standard InChI is InChI=1S/C19H22N2O3/c1-2-24-18-6-4-3-5-16(18)19(23)21-12-15(17(22)13-21)11-14-7-9-20-10-8-14/h3-10,15,17,22H,2,11-13H2,1H3/t15-,17+/m1/s1. The van der Waals surface area contributed by atoms with Gasteiger partial charge in [0.15, 0.2) is 0 Å². The molecule has 5 nitrogen and oxygen atoms in total. The molecule has 0 aliphatic carbocycles. The second-order valence-electron chi connectivity index (χ2n) is 6.03. The summed E-state index contributed by atoms with van der Waals surface area (Å²) in [6, 6.07) is 11.2. The molecular formula is C19H22N2O3. The van der Waals surface area contributed by atoms with Crippen LogP contribution in [-0.4, -0.2) is 46.7 Å². The van der Waals surface area contributed by atoms with Gasteiger partial charge in [0.2, 0.25) is 0 Å². The third-order valence-electron chi connectivity index (χ3n) is 4.36. The predicted octanol–water partition coefficient (Wildman–Crippen LogP) is 2.16. The van der Waals surface area contributed by atoms with Crippen LogP contribution in [0.4, 0.5) is 0 Å². The van der Waals surface area contributed by atoms with E-state index in [1.807, 2.05) is 31.2 Å². The van der Waals surface area contributed by atoms with Gasteiger partial charge >= 0.3 is 0 Å². The number of β-amino-alcohol motifs (C(OH)–C–C–N with tert-alkyl or cyclic N) is 1. The zero-order valence-corrected chi connectivity index (χ0v) is 13.8. The summed E-state index contributed by atoms with van der Waals surface area (Å²) < 4.78 is 5.55. The summed E-state index contributed by atoms with van der Waals surface area (Å²) >= 11 is 0. The highest BCUT2D eigenvalue weighted by Gasteiger charge is 2.35. The quantitative estimate of drug-likeness (QED) is 0.914. The lowest BCUT2D eigenvalue weighted by Crippen LogP contribution is -2.30. The number of hydrogen-bond acceptors (Lipinski definition) is 4. The average Bonchev–Trinajstić information content (AvgIpc) is 2.97. The second kappa shape index (κ2) is 7.45. The largest absolute Gasteiger partial charge is 0.493 e. The Labute approximate surface area is 141 Å². The number of benzene rings is 1. The van der Waals surface area contributed by atoms with E-state index in [0.29, 0.717) is 31.0 Å². The van der Waals surface area contributed by atoms with Crippen molar-refractivity contribution in [3.8, 4) is 5.75 Å². The van der Waals surface area contributed by atoms with E-state index in [-0.39, 0.29) is 11.8 Å². The maximum atomic E-state index is 12.8. The first kappa shape index (κ1) is 16.5. The number of aliphatic hydroxyl groups is 1. The molecule has 3 rings (SSSR count). The summed E-state index contributed by atoms with van der Waals surface area (Å²) in [6.45, 7) is 3.31. The van der Waals surface area contributed by atoms with Crippen molar-refractivity contribution in [1.82, 2.24) is 9.88 Å². The van der Waals surface area contributed by atoms with Crippen molar-refractivity contribution in [2.75, 3.05) is 19.7 Å². The zero-order valence-electron chi connectivity index (χ0n) is 13.8. The first-order chi connectivity index (χ1) is 11.7. The molecule has 24 heavy (non-hydrogen) atoms. The van der Waals surface area contributed by atoms with Crippen molar-refractivity contribution in [2.24, 2.45) is 5.92 Å². The van der Waals surface area contributed by atoms with E-state index in [2.05, 4.69) is 4.98 Å². The molecule has 5 heteroatoms. The molecule has 1 saturated heterocycles. The number of amides is 1. The number of hydrogen-bond donors (Lipinski definition) is 1. The lowest BCUT2D eigenvalue weighted by molar-refractivity contribution is 0.0760. The number of likely N-dealkylation sites (tertiary alicyclic amines) is 1. The molecule has 1 aromatic carbocycles. The molecule has 1 N–H and O–H groups in total. The Morgan fingerprint density at radius 3 is 2.75 bits per heavy atom. The van der Waals surface area contributed by atoms with Crippen LogP contribution in [0.1, 0.15) is 22.8 Å². The van der Waals surface area contributed by atoms with E-state index < -0.39 is 6.10 Å². The fraction of sp³-hybridized carbons (Fsp3) is 0.368. The number of carbonyl (C=O) groups excluding carboxylic acids is 1. The molecule has 2 atom stereocenters. The third kappa shape index (κ3) is 3.57. The highest BCUT2D eigenvalue weighted by atomic mass is 16.5. The summed E-state index contributed by atoms with van der Waals surface area (Å²) in [7, 11) is 0. The highest BCUT2D eigenvalue weighted by Crippen LogP contribution is 2.26. The van der Waals surface area contributed by atoms with Crippen LogP contribution < -0.4 is 4.74 Å². The average molecular weight is 326 g/mol. The van der Waals surface area contributed by atoms with E-state index in [1.165, 1.54) is 0 Å². The van der Waals surface area contributed by atoms with Crippen molar-refractivity contribution < 1.29 is 14.6 Å². The van der Waals surface area contributed by atoms with Gasteiger partial charge < -0.3 is 14.7 Å². The van der Waals surface area contributed by atoms with Crippen molar-refractivity contribution in [3.63, 3.8) is 0 Å². The minimum absolute atomic E-state index is 0.0376. The molecule has 0 saturated carbocycles. The molecule has 0 radical (unpaired) electrons. The maximum Gasteiger partial charge on any atom is 0.257 e. The fourth-order valence-corrected chi connectivity index (χ4v) is 3.14. The highest BCUT2D eigenvalue weighted by molar-refractivity contribution is 5.97. The van der Waals surface area contributed by atoms with Gasteiger partial charge in [0.25, 0.3) is 5.91 Å². The van der Waals surface area contributed by atoms with Crippen LogP contribution in [0, 0.1) is 5.92 Å². The molecule has 0 bridgehead atoms. The molecule has 0 spiro atoms. The van der Waals surface area contributed by atoms with Gasteiger partial charge in [0, 0.05) is 31.4 Å². The van der Waals surface area contributed by atoms with E-state index >= 15 is 0 Å². The predicted molar refractivity (Wildman–Crippen MR) is 91.0 cm³/mol. The maximum absolute atomic E-state index is 12.8. The fourth-order valence-electron chi connectivity index (χ4n) is 3.14. The molecule has 0 unspecified atom stereocenters. The Balaban J connectivity index is 1.71. The monoisotopic (exact) mass is 326 g/mol. The molecule has 2 aromatic rings. The first-order valence-corrected chi connectivity index (χ1v) is 8.27. The number of pyridine rings is 1. The zero-order chi connectivity index (χ0) is 16.9. The molecule has 2 heterocycles. The molecule has 1 fully saturated rings. The smallest absolute Gasteiger partial charge is 0.257 e. The van der Waals surface area contributed by atoms with Crippen LogP contribution in [0.25, 0.3) is 0 Å². The normalized spacial score (nSPS) is 20.2. The number of ether oxygens (including phenoxy) is 1. The summed E-state index contributed by atoms with van der Waals surface area (Å²) in [6.07, 6.45) is 3.72. The lowest BCUT2D eigenvalue weighted by atomic mass is 9.97. The second-order valence-corrected chi connectivity index (χ2v) is 6.03. The topological polar surface area (TPSA) is 62.7 Å². The van der Waals surface area contributed by atoms with Crippen LogP contribution in [0.5, 0.6) is 5.75 Å². The van der Waals surface area contributed by atoms with E-state index in [1.54, 1.807) is 29.4 Å².